The molecule has 19 heavy (non-hydrogen) atoms. The zero-order valence-corrected chi connectivity index (χ0v) is 12.1. The van der Waals surface area contributed by atoms with Crippen molar-refractivity contribution >= 4 is 11.3 Å². The van der Waals surface area contributed by atoms with Crippen molar-refractivity contribution in [3.8, 4) is 0 Å². The maximum atomic E-state index is 4.44. The first-order valence-corrected chi connectivity index (χ1v) is 7.66. The topological polar surface area (TPSA) is 29.0 Å². The van der Waals surface area contributed by atoms with E-state index >= 15 is 0 Å². The van der Waals surface area contributed by atoms with Crippen LogP contribution in [0.1, 0.15) is 34.2 Å². The van der Waals surface area contributed by atoms with Crippen LogP contribution in [-0.4, -0.2) is 28.0 Å². The van der Waals surface area contributed by atoms with E-state index in [1.807, 2.05) is 17.5 Å². The minimum absolute atomic E-state index is 0.593. The molecule has 1 aliphatic rings. The number of aryl methyl sites for hydroxylation is 1. The summed E-state index contributed by atoms with van der Waals surface area (Å²) in [5, 5.41) is 0. The lowest BCUT2D eigenvalue weighted by atomic mass is 9.94. The van der Waals surface area contributed by atoms with Crippen LogP contribution in [0.3, 0.4) is 0 Å². The molecule has 0 amide bonds. The SMILES string of the molecule is Cc1ccc(CN2CCC(c3cnccn3)CC2)s1. The normalized spacial score (nSPS) is 17.7. The lowest BCUT2D eigenvalue weighted by Crippen LogP contribution is -2.32. The van der Waals surface area contributed by atoms with Crippen molar-refractivity contribution in [2.24, 2.45) is 0 Å². The van der Waals surface area contributed by atoms with Crippen LogP contribution in [0.4, 0.5) is 0 Å². The molecular weight excluding hydrogens is 254 g/mol. The van der Waals surface area contributed by atoms with Gasteiger partial charge in [0.25, 0.3) is 0 Å². The van der Waals surface area contributed by atoms with Gasteiger partial charge in [-0.05, 0) is 45.0 Å². The van der Waals surface area contributed by atoms with Crippen LogP contribution in [0.15, 0.2) is 30.7 Å². The number of aromatic nitrogens is 2. The molecule has 3 rings (SSSR count). The Balaban J connectivity index is 1.55. The molecule has 0 aliphatic carbocycles. The van der Waals surface area contributed by atoms with Crippen molar-refractivity contribution < 1.29 is 0 Å². The fourth-order valence-electron chi connectivity index (χ4n) is 2.70. The number of rotatable bonds is 3. The van der Waals surface area contributed by atoms with E-state index in [0.29, 0.717) is 5.92 Å². The molecule has 0 bridgehead atoms. The molecule has 2 aromatic heterocycles. The van der Waals surface area contributed by atoms with Gasteiger partial charge in [0.1, 0.15) is 0 Å². The van der Waals surface area contributed by atoms with E-state index in [0.717, 1.165) is 25.3 Å². The van der Waals surface area contributed by atoms with E-state index in [9.17, 15) is 0 Å². The van der Waals surface area contributed by atoms with E-state index in [1.165, 1.54) is 22.6 Å². The van der Waals surface area contributed by atoms with Crippen molar-refractivity contribution in [1.29, 1.82) is 0 Å². The largest absolute Gasteiger partial charge is 0.298 e. The fourth-order valence-corrected chi connectivity index (χ4v) is 3.63. The second kappa shape index (κ2) is 5.80. The first kappa shape index (κ1) is 12.8. The summed E-state index contributed by atoms with van der Waals surface area (Å²) in [6.07, 6.45) is 7.86. The van der Waals surface area contributed by atoms with E-state index in [4.69, 9.17) is 0 Å². The number of likely N-dealkylation sites (tertiary alicyclic amines) is 1. The van der Waals surface area contributed by atoms with Gasteiger partial charge in [-0.3, -0.25) is 14.9 Å². The molecule has 1 saturated heterocycles. The molecular formula is C15H19N3S. The Bertz CT molecular complexity index is 515. The van der Waals surface area contributed by atoms with Crippen molar-refractivity contribution in [1.82, 2.24) is 14.9 Å². The Kier molecular flexibility index (Phi) is 3.89. The third kappa shape index (κ3) is 3.19. The minimum Gasteiger partial charge on any atom is -0.298 e. The molecule has 0 saturated carbocycles. The summed E-state index contributed by atoms with van der Waals surface area (Å²) in [6.45, 7) is 5.61. The predicted molar refractivity (Wildman–Crippen MR) is 78.3 cm³/mol. The van der Waals surface area contributed by atoms with Crippen LogP contribution in [0.2, 0.25) is 0 Å². The van der Waals surface area contributed by atoms with Gasteiger partial charge in [-0.1, -0.05) is 0 Å². The summed E-state index contributed by atoms with van der Waals surface area (Å²) in [5.41, 5.74) is 1.16. The van der Waals surface area contributed by atoms with Crippen molar-refractivity contribution in [3.05, 3.63) is 46.2 Å². The van der Waals surface area contributed by atoms with Gasteiger partial charge in [0.05, 0.1) is 5.69 Å². The Hall–Kier alpha value is -1.26. The molecule has 0 atom stereocenters. The Morgan fingerprint density at radius 3 is 2.74 bits per heavy atom. The zero-order chi connectivity index (χ0) is 13.1. The molecule has 4 heteroatoms. The van der Waals surface area contributed by atoms with Gasteiger partial charge in [0, 0.05) is 40.8 Å². The van der Waals surface area contributed by atoms with Crippen LogP contribution >= 0.6 is 11.3 Å². The first-order chi connectivity index (χ1) is 9.31. The van der Waals surface area contributed by atoms with Gasteiger partial charge in [-0.15, -0.1) is 11.3 Å². The fraction of sp³-hybridized carbons (Fsp3) is 0.467. The quantitative estimate of drug-likeness (QED) is 0.859. The lowest BCUT2D eigenvalue weighted by molar-refractivity contribution is 0.204. The Morgan fingerprint density at radius 2 is 2.11 bits per heavy atom. The van der Waals surface area contributed by atoms with Gasteiger partial charge >= 0.3 is 0 Å². The van der Waals surface area contributed by atoms with E-state index in [2.05, 4.69) is 33.9 Å². The van der Waals surface area contributed by atoms with Crippen LogP contribution < -0.4 is 0 Å². The van der Waals surface area contributed by atoms with E-state index < -0.39 is 0 Å². The molecule has 0 unspecified atom stereocenters. The molecule has 3 nitrogen and oxygen atoms in total. The molecule has 1 aliphatic heterocycles. The standard InChI is InChI=1S/C15H19N3S/c1-12-2-3-14(19-12)11-18-8-4-13(5-9-18)15-10-16-6-7-17-15/h2-3,6-7,10,13H,4-5,8-9,11H2,1H3. The molecule has 0 spiro atoms. The second-order valence-electron chi connectivity index (χ2n) is 5.19. The smallest absolute Gasteiger partial charge is 0.0618 e. The molecule has 0 N–H and O–H groups in total. The number of hydrogen-bond donors (Lipinski definition) is 0. The monoisotopic (exact) mass is 273 g/mol. The van der Waals surface area contributed by atoms with E-state index in [-0.39, 0.29) is 0 Å². The summed E-state index contributed by atoms with van der Waals surface area (Å²) in [5.74, 6) is 0.593. The minimum atomic E-state index is 0.593. The van der Waals surface area contributed by atoms with Gasteiger partial charge in [-0.2, -0.15) is 0 Å². The van der Waals surface area contributed by atoms with Crippen LogP contribution in [-0.2, 0) is 6.54 Å². The average Bonchev–Trinajstić information content (AvgIpc) is 2.86. The van der Waals surface area contributed by atoms with Crippen LogP contribution in [0, 0.1) is 6.92 Å². The molecule has 100 valence electrons. The van der Waals surface area contributed by atoms with Crippen molar-refractivity contribution in [3.63, 3.8) is 0 Å². The summed E-state index contributed by atoms with van der Waals surface area (Å²) in [6, 6.07) is 4.47. The van der Waals surface area contributed by atoms with Crippen molar-refractivity contribution in [2.45, 2.75) is 32.2 Å². The summed E-state index contributed by atoms with van der Waals surface area (Å²) >= 11 is 1.91. The Labute approximate surface area is 118 Å². The van der Waals surface area contributed by atoms with Gasteiger partial charge in [0.2, 0.25) is 0 Å². The molecule has 0 aromatic carbocycles. The van der Waals surface area contributed by atoms with E-state index in [1.54, 1.807) is 12.4 Å². The summed E-state index contributed by atoms with van der Waals surface area (Å²) in [7, 11) is 0. The number of thiophene rings is 1. The summed E-state index contributed by atoms with van der Waals surface area (Å²) < 4.78 is 0. The highest BCUT2D eigenvalue weighted by molar-refractivity contribution is 7.11. The number of piperidine rings is 1. The van der Waals surface area contributed by atoms with Gasteiger partial charge in [-0.25, -0.2) is 0 Å². The van der Waals surface area contributed by atoms with Gasteiger partial charge < -0.3 is 0 Å². The maximum Gasteiger partial charge on any atom is 0.0618 e. The average molecular weight is 273 g/mol. The number of hydrogen-bond acceptors (Lipinski definition) is 4. The van der Waals surface area contributed by atoms with Crippen molar-refractivity contribution in [2.75, 3.05) is 13.1 Å². The summed E-state index contributed by atoms with van der Waals surface area (Å²) in [4.78, 5) is 14.1. The molecule has 1 fully saturated rings. The Morgan fingerprint density at radius 1 is 1.26 bits per heavy atom. The number of nitrogens with zero attached hydrogens (tertiary/aromatic N) is 3. The van der Waals surface area contributed by atoms with Crippen LogP contribution in [0.25, 0.3) is 0 Å². The van der Waals surface area contributed by atoms with Gasteiger partial charge in [0.15, 0.2) is 0 Å². The molecule has 3 heterocycles. The molecule has 0 radical (unpaired) electrons. The predicted octanol–water partition coefficient (Wildman–Crippen LogP) is 3.23. The third-order valence-corrected chi connectivity index (χ3v) is 4.75. The highest BCUT2D eigenvalue weighted by atomic mass is 32.1. The zero-order valence-electron chi connectivity index (χ0n) is 11.2. The second-order valence-corrected chi connectivity index (χ2v) is 6.57. The van der Waals surface area contributed by atoms with Crippen LogP contribution in [0.5, 0.6) is 0 Å². The third-order valence-electron chi connectivity index (χ3n) is 3.76. The maximum absolute atomic E-state index is 4.44. The highest BCUT2D eigenvalue weighted by Crippen LogP contribution is 2.27. The first-order valence-electron chi connectivity index (χ1n) is 6.85. The highest BCUT2D eigenvalue weighted by Gasteiger charge is 2.21. The molecule has 2 aromatic rings. The lowest BCUT2D eigenvalue weighted by Gasteiger charge is -2.31.